The highest BCUT2D eigenvalue weighted by Crippen LogP contribution is 2.36. The first-order valence-corrected chi connectivity index (χ1v) is 16.4. The van der Waals surface area contributed by atoms with Gasteiger partial charge in [0.1, 0.15) is 12.4 Å². The summed E-state index contributed by atoms with van der Waals surface area (Å²) < 4.78 is 9.54. The summed E-state index contributed by atoms with van der Waals surface area (Å²) in [4.78, 5) is 54.7. The van der Waals surface area contributed by atoms with Gasteiger partial charge in [-0.3, -0.25) is 28.4 Å². The Labute approximate surface area is 270 Å². The maximum absolute atomic E-state index is 14.0. The molecule has 3 N–H and O–H groups in total. The molecule has 11 heteroatoms. The number of carbonyl (C=O) groups excluding carboxylic acids is 3. The summed E-state index contributed by atoms with van der Waals surface area (Å²) in [6, 6.07) is 12.5. The molecule has 3 heterocycles. The number of ether oxygens (including phenoxy) is 1. The van der Waals surface area contributed by atoms with Crippen LogP contribution in [0.4, 0.5) is 5.69 Å². The van der Waals surface area contributed by atoms with E-state index in [0.29, 0.717) is 69.0 Å². The molecule has 2 aliphatic rings. The Morgan fingerprint density at radius 2 is 1.72 bits per heavy atom. The second-order valence-corrected chi connectivity index (χ2v) is 12.6. The molecule has 0 saturated carbocycles. The maximum Gasteiger partial charge on any atom is 0.329 e. The largest absolute Gasteiger partial charge is 0.491 e. The SMILES string of the molecule is CCn1c(=O)n(CC)c2cc(NC(=O)CN3CCC4(C/C=C/CNC(=O)c5ccccc5OC[C@@H](C(C)C)NC4=O)CC3)ccc21. The fraction of sp³-hybridized carbons (Fsp3) is 0.486. The molecule has 1 saturated heterocycles. The highest BCUT2D eigenvalue weighted by Gasteiger charge is 2.41. The third-order valence-corrected chi connectivity index (χ3v) is 9.32. The lowest BCUT2D eigenvalue weighted by molar-refractivity contribution is -0.135. The third-order valence-electron chi connectivity index (χ3n) is 9.32. The van der Waals surface area contributed by atoms with Gasteiger partial charge in [-0.1, -0.05) is 38.1 Å². The number of hydrogen-bond donors (Lipinski definition) is 3. The van der Waals surface area contributed by atoms with Gasteiger partial charge in [-0.05, 0) is 82.4 Å². The van der Waals surface area contributed by atoms with Crippen molar-refractivity contribution in [2.75, 3.05) is 38.1 Å². The van der Waals surface area contributed by atoms with Crippen molar-refractivity contribution in [3.05, 3.63) is 70.7 Å². The Hall–Kier alpha value is -4.38. The summed E-state index contributed by atoms with van der Waals surface area (Å²) in [5, 5.41) is 9.20. The molecule has 2 aliphatic heterocycles. The molecule has 3 aromatic rings. The van der Waals surface area contributed by atoms with Crippen molar-refractivity contribution < 1.29 is 19.1 Å². The highest BCUT2D eigenvalue weighted by atomic mass is 16.5. The van der Waals surface area contributed by atoms with E-state index in [2.05, 4.69) is 20.9 Å². The Morgan fingerprint density at radius 3 is 2.43 bits per heavy atom. The Morgan fingerprint density at radius 1 is 1.00 bits per heavy atom. The van der Waals surface area contributed by atoms with Gasteiger partial charge in [0.05, 0.1) is 34.6 Å². The van der Waals surface area contributed by atoms with Gasteiger partial charge in [0.15, 0.2) is 0 Å². The van der Waals surface area contributed by atoms with E-state index in [9.17, 15) is 19.2 Å². The number of carbonyl (C=O) groups is 3. The number of hydrogen-bond acceptors (Lipinski definition) is 6. The van der Waals surface area contributed by atoms with E-state index < -0.39 is 5.41 Å². The van der Waals surface area contributed by atoms with E-state index in [1.807, 2.05) is 64.1 Å². The van der Waals surface area contributed by atoms with Crippen LogP contribution in [0.5, 0.6) is 5.75 Å². The Kier molecular flexibility index (Phi) is 10.3. The third kappa shape index (κ3) is 7.04. The molecular formula is C35H46N6O5. The number of piperidine rings is 1. The van der Waals surface area contributed by atoms with E-state index in [4.69, 9.17) is 4.74 Å². The van der Waals surface area contributed by atoms with Crippen molar-refractivity contribution in [1.82, 2.24) is 24.7 Å². The second-order valence-electron chi connectivity index (χ2n) is 12.6. The van der Waals surface area contributed by atoms with Crippen LogP contribution in [0.1, 0.15) is 57.3 Å². The lowest BCUT2D eigenvalue weighted by Gasteiger charge is -2.41. The van der Waals surface area contributed by atoms with Crippen LogP contribution in [-0.2, 0) is 22.7 Å². The minimum Gasteiger partial charge on any atom is -0.491 e. The zero-order valence-corrected chi connectivity index (χ0v) is 27.3. The van der Waals surface area contributed by atoms with Crippen LogP contribution < -0.4 is 26.4 Å². The average molecular weight is 631 g/mol. The lowest BCUT2D eigenvalue weighted by atomic mass is 9.74. The topological polar surface area (TPSA) is 127 Å². The summed E-state index contributed by atoms with van der Waals surface area (Å²) in [6.45, 7) is 11.1. The molecule has 246 valence electrons. The fourth-order valence-electron chi connectivity index (χ4n) is 6.40. The van der Waals surface area contributed by atoms with Crippen LogP contribution in [0.2, 0.25) is 0 Å². The molecule has 1 fully saturated rings. The predicted molar refractivity (Wildman–Crippen MR) is 179 cm³/mol. The number of allylic oxidation sites excluding steroid dienone is 1. The predicted octanol–water partition coefficient (Wildman–Crippen LogP) is 3.77. The molecule has 3 amide bonds. The molecule has 0 bridgehead atoms. The summed E-state index contributed by atoms with van der Waals surface area (Å²) in [5.41, 5.74) is 2.08. The molecule has 0 unspecified atom stereocenters. The van der Waals surface area contributed by atoms with Crippen LogP contribution >= 0.6 is 0 Å². The van der Waals surface area contributed by atoms with Crippen LogP contribution in [0.3, 0.4) is 0 Å². The first-order valence-electron chi connectivity index (χ1n) is 16.4. The molecule has 2 aromatic carbocycles. The van der Waals surface area contributed by atoms with Gasteiger partial charge in [0.25, 0.3) is 5.91 Å². The highest BCUT2D eigenvalue weighted by molar-refractivity contribution is 5.97. The molecule has 0 radical (unpaired) electrons. The summed E-state index contributed by atoms with van der Waals surface area (Å²) in [7, 11) is 0. The number of rotatable bonds is 6. The van der Waals surface area contributed by atoms with E-state index >= 15 is 0 Å². The standard InChI is InChI=1S/C35H46N6O5/c1-5-40-28-14-13-25(21-29(28)41(6-2)34(40)45)37-31(42)22-39-19-16-35(17-20-39)15-9-10-18-36-32(43)26-11-7-8-12-30(26)46-23-27(24(3)4)38-33(35)44/h7-14,21,24,27H,5-6,15-20,22-23H2,1-4H3,(H,36,43)(H,37,42)(H,38,44)/b10-9+/t27-/m0/s1. The van der Waals surface area contributed by atoms with Crippen LogP contribution in [-0.4, -0.2) is 70.6 Å². The van der Waals surface area contributed by atoms with Crippen LogP contribution in [0.15, 0.2) is 59.4 Å². The minimum atomic E-state index is -0.635. The molecule has 1 atom stereocenters. The van der Waals surface area contributed by atoms with Crippen LogP contribution in [0, 0.1) is 11.3 Å². The van der Waals surface area contributed by atoms with Crippen molar-refractivity contribution in [3.63, 3.8) is 0 Å². The van der Waals surface area contributed by atoms with Gasteiger partial charge in [-0.2, -0.15) is 0 Å². The van der Waals surface area contributed by atoms with E-state index in [0.717, 1.165) is 11.0 Å². The lowest BCUT2D eigenvalue weighted by Crippen LogP contribution is -2.54. The number of aryl methyl sites for hydroxylation is 2. The number of benzene rings is 2. The molecule has 11 nitrogen and oxygen atoms in total. The maximum atomic E-state index is 14.0. The van der Waals surface area contributed by atoms with Crippen molar-refractivity contribution >= 4 is 34.4 Å². The number of nitrogens with one attached hydrogen (secondary N) is 3. The summed E-state index contributed by atoms with van der Waals surface area (Å²) in [5.74, 6) is 0.247. The minimum absolute atomic E-state index is 0.00720. The number of nitrogens with zero attached hydrogens (tertiary/aromatic N) is 3. The first kappa shape index (κ1) is 33.0. The monoisotopic (exact) mass is 630 g/mol. The zero-order valence-electron chi connectivity index (χ0n) is 27.3. The van der Waals surface area contributed by atoms with Crippen molar-refractivity contribution in [2.24, 2.45) is 11.3 Å². The summed E-state index contributed by atoms with van der Waals surface area (Å²) >= 11 is 0. The van der Waals surface area contributed by atoms with E-state index in [1.54, 1.807) is 27.3 Å². The number of amides is 3. The van der Waals surface area contributed by atoms with Crippen molar-refractivity contribution in [3.8, 4) is 5.75 Å². The zero-order chi connectivity index (χ0) is 32.8. The molecule has 46 heavy (non-hydrogen) atoms. The average Bonchev–Trinajstić information content (AvgIpc) is 3.32. The van der Waals surface area contributed by atoms with Crippen molar-refractivity contribution in [2.45, 2.75) is 66.1 Å². The van der Waals surface area contributed by atoms with Crippen molar-refractivity contribution in [1.29, 1.82) is 0 Å². The quantitative estimate of drug-likeness (QED) is 0.356. The van der Waals surface area contributed by atoms with Gasteiger partial charge in [0, 0.05) is 25.3 Å². The molecule has 5 rings (SSSR count). The number of aromatic nitrogens is 2. The number of imidazole rings is 1. The first-order chi connectivity index (χ1) is 22.2. The number of fused-ring (bicyclic) bond motifs is 2. The van der Waals surface area contributed by atoms with Gasteiger partial charge < -0.3 is 20.7 Å². The van der Waals surface area contributed by atoms with Gasteiger partial charge in [0.2, 0.25) is 11.8 Å². The molecule has 1 aromatic heterocycles. The normalized spacial score (nSPS) is 20.0. The van der Waals surface area contributed by atoms with E-state index in [-0.39, 0.29) is 48.5 Å². The van der Waals surface area contributed by atoms with Crippen LogP contribution in [0.25, 0.3) is 11.0 Å². The van der Waals surface area contributed by atoms with Gasteiger partial charge in [-0.15, -0.1) is 0 Å². The molecule has 0 aliphatic carbocycles. The Balaban J connectivity index is 1.25. The fourth-order valence-corrected chi connectivity index (χ4v) is 6.40. The Bertz CT molecular complexity index is 1660. The van der Waals surface area contributed by atoms with E-state index in [1.165, 1.54) is 0 Å². The summed E-state index contributed by atoms with van der Waals surface area (Å²) in [6.07, 6.45) is 5.60. The van der Waals surface area contributed by atoms with Gasteiger partial charge in [-0.25, -0.2) is 4.79 Å². The van der Waals surface area contributed by atoms with Gasteiger partial charge >= 0.3 is 5.69 Å². The number of para-hydroxylation sites is 1. The molecular weight excluding hydrogens is 584 g/mol. The number of likely N-dealkylation sites (tertiary alicyclic amines) is 1. The number of anilines is 1. The second kappa shape index (κ2) is 14.4. The molecule has 1 spiro atoms. The smallest absolute Gasteiger partial charge is 0.329 e.